The molecule has 0 saturated heterocycles. The standard InChI is InChI=1S/C38H38N8/c1-3-11-35-40-36-25(2)22-28(38-39-32-16-9-10-17-33(32)46(38)29-12-5-4-6-13-29)23-34(36)45(35)24-26-18-20-27(21-19-26)30-14-7-8-15-31(30)37-41-43-44-42-37/h7-10,14-23,29H,3-6,11-13,24H2,1-2H3,(H,41,42,43,44). The first kappa shape index (κ1) is 28.4. The van der Waals surface area contributed by atoms with Crippen molar-refractivity contribution in [2.75, 3.05) is 0 Å². The van der Waals surface area contributed by atoms with Crippen LogP contribution in [-0.2, 0) is 13.0 Å². The van der Waals surface area contributed by atoms with Gasteiger partial charge in [-0.05, 0) is 83.1 Å². The third kappa shape index (κ3) is 5.07. The lowest BCUT2D eigenvalue weighted by Gasteiger charge is -2.25. The zero-order valence-corrected chi connectivity index (χ0v) is 26.4. The molecule has 0 atom stereocenters. The number of aromatic amines is 1. The van der Waals surface area contributed by atoms with Crippen LogP contribution < -0.4 is 0 Å². The second-order valence-electron chi connectivity index (χ2n) is 12.6. The Morgan fingerprint density at radius 3 is 2.37 bits per heavy atom. The highest BCUT2D eigenvalue weighted by Crippen LogP contribution is 2.38. The van der Waals surface area contributed by atoms with Crippen molar-refractivity contribution in [1.82, 2.24) is 39.7 Å². The summed E-state index contributed by atoms with van der Waals surface area (Å²) in [4.78, 5) is 10.5. The van der Waals surface area contributed by atoms with Crippen molar-refractivity contribution in [3.63, 3.8) is 0 Å². The van der Waals surface area contributed by atoms with Crippen molar-refractivity contribution < 1.29 is 0 Å². The number of tetrazole rings is 1. The second kappa shape index (κ2) is 12.0. The molecule has 0 spiro atoms. The van der Waals surface area contributed by atoms with Crippen molar-refractivity contribution in [2.24, 2.45) is 0 Å². The van der Waals surface area contributed by atoms with Gasteiger partial charge in [0.2, 0.25) is 0 Å². The third-order valence-corrected chi connectivity index (χ3v) is 9.52. The number of benzene rings is 4. The summed E-state index contributed by atoms with van der Waals surface area (Å²) in [5, 5.41) is 14.6. The van der Waals surface area contributed by atoms with Gasteiger partial charge in [0, 0.05) is 30.1 Å². The summed E-state index contributed by atoms with van der Waals surface area (Å²) in [5.74, 6) is 2.87. The number of rotatable bonds is 8. The molecule has 4 aromatic carbocycles. The topological polar surface area (TPSA) is 90.1 Å². The maximum Gasteiger partial charge on any atom is 0.180 e. The third-order valence-electron chi connectivity index (χ3n) is 9.52. The number of H-pyrrole nitrogens is 1. The Labute approximate surface area is 268 Å². The summed E-state index contributed by atoms with van der Waals surface area (Å²) < 4.78 is 4.96. The second-order valence-corrected chi connectivity index (χ2v) is 12.6. The van der Waals surface area contributed by atoms with Crippen LogP contribution in [0, 0.1) is 6.92 Å². The largest absolute Gasteiger partial charge is 0.323 e. The van der Waals surface area contributed by atoms with Crippen LogP contribution in [0.25, 0.3) is 56.0 Å². The van der Waals surface area contributed by atoms with E-state index in [1.165, 1.54) is 59.8 Å². The van der Waals surface area contributed by atoms with Crippen LogP contribution in [0.3, 0.4) is 0 Å². The molecule has 8 nitrogen and oxygen atoms in total. The number of hydrogen-bond acceptors (Lipinski definition) is 5. The molecule has 230 valence electrons. The number of nitrogens with zero attached hydrogens (tertiary/aromatic N) is 7. The molecule has 46 heavy (non-hydrogen) atoms. The predicted octanol–water partition coefficient (Wildman–Crippen LogP) is 8.71. The van der Waals surface area contributed by atoms with Crippen molar-refractivity contribution in [3.05, 3.63) is 102 Å². The van der Waals surface area contributed by atoms with Crippen LogP contribution in [0.5, 0.6) is 0 Å². The lowest BCUT2D eigenvalue weighted by molar-refractivity contribution is 0.362. The Hall–Kier alpha value is -5.11. The summed E-state index contributed by atoms with van der Waals surface area (Å²) in [6, 6.07) is 30.8. The number of para-hydroxylation sites is 2. The predicted molar refractivity (Wildman–Crippen MR) is 183 cm³/mol. The molecule has 1 aliphatic rings. The number of aryl methyl sites for hydroxylation is 2. The van der Waals surface area contributed by atoms with Gasteiger partial charge in [-0.2, -0.15) is 0 Å². The molecule has 8 rings (SSSR count). The number of aromatic nitrogens is 8. The molecular formula is C38H38N8. The first-order valence-electron chi connectivity index (χ1n) is 16.6. The molecule has 3 heterocycles. The van der Waals surface area contributed by atoms with Gasteiger partial charge >= 0.3 is 0 Å². The molecule has 0 bridgehead atoms. The summed E-state index contributed by atoms with van der Waals surface area (Å²) in [6.45, 7) is 5.18. The average molecular weight is 607 g/mol. The first-order valence-corrected chi connectivity index (χ1v) is 16.6. The number of fused-ring (bicyclic) bond motifs is 2. The van der Waals surface area contributed by atoms with E-state index in [2.05, 4.69) is 110 Å². The van der Waals surface area contributed by atoms with Crippen LogP contribution in [0.15, 0.2) is 84.9 Å². The minimum Gasteiger partial charge on any atom is -0.323 e. The van der Waals surface area contributed by atoms with E-state index in [0.29, 0.717) is 11.9 Å². The van der Waals surface area contributed by atoms with Crippen molar-refractivity contribution in [1.29, 1.82) is 0 Å². The van der Waals surface area contributed by atoms with E-state index in [1.54, 1.807) is 0 Å². The van der Waals surface area contributed by atoms with Gasteiger partial charge in [0.15, 0.2) is 5.82 Å². The minimum absolute atomic E-state index is 0.483. The smallest absolute Gasteiger partial charge is 0.180 e. The van der Waals surface area contributed by atoms with Gasteiger partial charge in [-0.15, -0.1) is 5.10 Å². The first-order chi connectivity index (χ1) is 22.7. The summed E-state index contributed by atoms with van der Waals surface area (Å²) in [5.41, 5.74) is 11.4. The Balaban J connectivity index is 1.20. The zero-order chi connectivity index (χ0) is 31.0. The van der Waals surface area contributed by atoms with E-state index in [4.69, 9.17) is 9.97 Å². The maximum absolute atomic E-state index is 5.25. The minimum atomic E-state index is 0.483. The Morgan fingerprint density at radius 2 is 1.59 bits per heavy atom. The highest BCUT2D eigenvalue weighted by atomic mass is 15.5. The molecule has 1 saturated carbocycles. The lowest BCUT2D eigenvalue weighted by Crippen LogP contribution is -2.14. The summed E-state index contributed by atoms with van der Waals surface area (Å²) >= 11 is 0. The van der Waals surface area contributed by atoms with Gasteiger partial charge in [-0.1, -0.05) is 86.8 Å². The van der Waals surface area contributed by atoms with Crippen molar-refractivity contribution >= 4 is 22.1 Å². The van der Waals surface area contributed by atoms with Crippen molar-refractivity contribution in [2.45, 2.75) is 71.4 Å². The van der Waals surface area contributed by atoms with Gasteiger partial charge < -0.3 is 9.13 Å². The fraction of sp³-hybridized carbons (Fsp3) is 0.289. The Morgan fingerprint density at radius 1 is 0.804 bits per heavy atom. The Bertz CT molecular complexity index is 2130. The zero-order valence-electron chi connectivity index (χ0n) is 26.4. The molecule has 0 unspecified atom stereocenters. The maximum atomic E-state index is 5.25. The number of nitrogens with one attached hydrogen (secondary N) is 1. The molecule has 1 N–H and O–H groups in total. The van der Waals surface area contributed by atoms with E-state index in [0.717, 1.165) is 58.8 Å². The van der Waals surface area contributed by atoms with Crippen LogP contribution in [0.4, 0.5) is 0 Å². The van der Waals surface area contributed by atoms with Crippen LogP contribution >= 0.6 is 0 Å². The van der Waals surface area contributed by atoms with E-state index >= 15 is 0 Å². The van der Waals surface area contributed by atoms with Crippen LogP contribution in [0.1, 0.15) is 68.4 Å². The summed E-state index contributed by atoms with van der Waals surface area (Å²) in [7, 11) is 0. The fourth-order valence-electron chi connectivity index (χ4n) is 7.30. The average Bonchev–Trinajstić information content (AvgIpc) is 3.85. The lowest BCUT2D eigenvalue weighted by atomic mass is 9.94. The molecular weight excluding hydrogens is 568 g/mol. The highest BCUT2D eigenvalue weighted by Gasteiger charge is 2.24. The normalized spacial score (nSPS) is 14.0. The summed E-state index contributed by atoms with van der Waals surface area (Å²) in [6.07, 6.45) is 8.29. The number of hydrogen-bond donors (Lipinski definition) is 1. The number of imidazole rings is 2. The van der Waals surface area contributed by atoms with Gasteiger partial charge in [-0.3, -0.25) is 0 Å². The van der Waals surface area contributed by atoms with E-state index in [9.17, 15) is 0 Å². The van der Waals surface area contributed by atoms with E-state index in [1.807, 2.05) is 18.2 Å². The molecule has 1 aliphatic carbocycles. The fourth-order valence-corrected chi connectivity index (χ4v) is 7.30. The van der Waals surface area contributed by atoms with Gasteiger partial charge in [0.25, 0.3) is 0 Å². The molecule has 7 aromatic rings. The van der Waals surface area contributed by atoms with Gasteiger partial charge in [-0.25, -0.2) is 15.1 Å². The molecule has 1 fully saturated rings. The highest BCUT2D eigenvalue weighted by molar-refractivity contribution is 5.88. The SMILES string of the molecule is CCCc1nc2c(C)cc(-c3nc4ccccc4n3C3CCCCC3)cc2n1Cc1ccc(-c2ccccc2-c2nnn[nH]2)cc1. The molecule has 0 radical (unpaired) electrons. The van der Waals surface area contributed by atoms with Crippen LogP contribution in [-0.4, -0.2) is 39.7 Å². The monoisotopic (exact) mass is 606 g/mol. The van der Waals surface area contributed by atoms with E-state index < -0.39 is 0 Å². The van der Waals surface area contributed by atoms with Crippen molar-refractivity contribution in [3.8, 4) is 33.9 Å². The molecule has 0 amide bonds. The Kier molecular flexibility index (Phi) is 7.40. The van der Waals surface area contributed by atoms with Gasteiger partial charge in [0.05, 0.1) is 22.1 Å². The quantitative estimate of drug-likeness (QED) is 0.187. The van der Waals surface area contributed by atoms with E-state index in [-0.39, 0.29) is 0 Å². The molecule has 8 heteroatoms. The molecule has 0 aliphatic heterocycles. The van der Waals surface area contributed by atoms with Crippen LogP contribution in [0.2, 0.25) is 0 Å². The van der Waals surface area contributed by atoms with Gasteiger partial charge in [0.1, 0.15) is 11.6 Å². The molecule has 3 aromatic heterocycles.